The van der Waals surface area contributed by atoms with Crippen molar-refractivity contribution in [1.29, 1.82) is 0 Å². The third-order valence-corrected chi connectivity index (χ3v) is 2.63. The topological polar surface area (TPSA) is 32.3 Å². The van der Waals surface area contributed by atoms with Crippen molar-refractivity contribution < 1.29 is 5.11 Å². The Morgan fingerprint density at radius 2 is 2.09 bits per heavy atom. The lowest BCUT2D eigenvalue weighted by Crippen LogP contribution is -2.38. The molecule has 1 saturated carbocycles. The molecule has 1 aliphatic rings. The normalized spacial score (nSPS) is 22.4. The lowest BCUT2D eigenvalue weighted by Gasteiger charge is -2.21. The highest BCUT2D eigenvalue weighted by Crippen LogP contribution is 2.27. The fourth-order valence-corrected chi connectivity index (χ4v) is 2.00. The standard InChI is InChI=1S/C9H19NO/c1-2-10-9(7-11)8-5-3-4-6-8/h8-11H,2-7H2,1H3. The summed E-state index contributed by atoms with van der Waals surface area (Å²) in [5.74, 6) is 0.736. The van der Waals surface area contributed by atoms with E-state index in [1.807, 2.05) is 0 Å². The summed E-state index contributed by atoms with van der Waals surface area (Å²) in [6.07, 6.45) is 5.32. The van der Waals surface area contributed by atoms with Crippen molar-refractivity contribution in [3.63, 3.8) is 0 Å². The van der Waals surface area contributed by atoms with E-state index in [1.54, 1.807) is 0 Å². The molecule has 0 saturated heterocycles. The summed E-state index contributed by atoms with van der Waals surface area (Å²) in [7, 11) is 0. The first-order valence-corrected chi connectivity index (χ1v) is 4.72. The zero-order chi connectivity index (χ0) is 8.10. The van der Waals surface area contributed by atoms with Crippen LogP contribution >= 0.6 is 0 Å². The summed E-state index contributed by atoms with van der Waals surface area (Å²) < 4.78 is 0. The van der Waals surface area contributed by atoms with E-state index in [1.165, 1.54) is 25.7 Å². The third kappa shape index (κ3) is 2.46. The number of hydrogen-bond acceptors (Lipinski definition) is 2. The molecular formula is C9H19NO. The Labute approximate surface area is 69.0 Å². The highest BCUT2D eigenvalue weighted by atomic mass is 16.3. The predicted octanol–water partition coefficient (Wildman–Crippen LogP) is 1.15. The zero-order valence-corrected chi connectivity index (χ0v) is 7.34. The fraction of sp³-hybridized carbons (Fsp3) is 1.00. The maximum atomic E-state index is 9.06. The van der Waals surface area contributed by atoms with E-state index >= 15 is 0 Å². The van der Waals surface area contributed by atoms with Gasteiger partial charge in [-0.3, -0.25) is 0 Å². The van der Waals surface area contributed by atoms with Gasteiger partial charge in [0.2, 0.25) is 0 Å². The summed E-state index contributed by atoms with van der Waals surface area (Å²) in [5.41, 5.74) is 0. The molecule has 0 aromatic carbocycles. The number of likely N-dealkylation sites (N-methyl/N-ethyl adjacent to an activating group) is 1. The molecule has 1 unspecified atom stereocenters. The molecule has 0 aliphatic heterocycles. The molecule has 11 heavy (non-hydrogen) atoms. The molecule has 2 N–H and O–H groups in total. The van der Waals surface area contributed by atoms with Crippen LogP contribution in [0.2, 0.25) is 0 Å². The van der Waals surface area contributed by atoms with Crippen molar-refractivity contribution >= 4 is 0 Å². The van der Waals surface area contributed by atoms with Gasteiger partial charge in [-0.25, -0.2) is 0 Å². The SMILES string of the molecule is CCNC(CO)C1CCCC1. The van der Waals surface area contributed by atoms with Crippen LogP contribution in [0.25, 0.3) is 0 Å². The summed E-state index contributed by atoms with van der Waals surface area (Å²) in [6, 6.07) is 0.363. The minimum atomic E-state index is 0.304. The molecule has 0 spiro atoms. The van der Waals surface area contributed by atoms with E-state index in [9.17, 15) is 0 Å². The highest BCUT2D eigenvalue weighted by molar-refractivity contribution is 4.79. The molecule has 0 aromatic rings. The lowest BCUT2D eigenvalue weighted by atomic mass is 9.99. The number of aliphatic hydroxyl groups is 1. The number of hydrogen-bond donors (Lipinski definition) is 2. The van der Waals surface area contributed by atoms with Crippen LogP contribution < -0.4 is 5.32 Å². The first-order chi connectivity index (χ1) is 5.38. The van der Waals surface area contributed by atoms with E-state index in [4.69, 9.17) is 5.11 Å². The highest BCUT2D eigenvalue weighted by Gasteiger charge is 2.23. The van der Waals surface area contributed by atoms with E-state index < -0.39 is 0 Å². The molecule has 1 rings (SSSR count). The van der Waals surface area contributed by atoms with Crippen LogP contribution in [0.15, 0.2) is 0 Å². The largest absolute Gasteiger partial charge is 0.395 e. The molecule has 2 nitrogen and oxygen atoms in total. The molecule has 0 amide bonds. The van der Waals surface area contributed by atoms with Crippen molar-refractivity contribution in [2.45, 2.75) is 38.6 Å². The molecule has 66 valence electrons. The van der Waals surface area contributed by atoms with E-state index in [2.05, 4.69) is 12.2 Å². The predicted molar refractivity (Wildman–Crippen MR) is 46.5 cm³/mol. The number of nitrogens with one attached hydrogen (secondary N) is 1. The van der Waals surface area contributed by atoms with E-state index in [0.717, 1.165) is 12.5 Å². The van der Waals surface area contributed by atoms with Crippen molar-refractivity contribution in [2.24, 2.45) is 5.92 Å². The molecule has 1 atom stereocenters. The van der Waals surface area contributed by atoms with Gasteiger partial charge in [-0.1, -0.05) is 19.8 Å². The summed E-state index contributed by atoms with van der Waals surface area (Å²) in [5, 5.41) is 12.4. The monoisotopic (exact) mass is 157 g/mol. The Balaban J connectivity index is 2.27. The first-order valence-electron chi connectivity index (χ1n) is 4.72. The molecule has 0 bridgehead atoms. The molecule has 1 fully saturated rings. The summed E-state index contributed by atoms with van der Waals surface area (Å²) >= 11 is 0. The summed E-state index contributed by atoms with van der Waals surface area (Å²) in [4.78, 5) is 0. The Kier molecular flexibility index (Phi) is 3.87. The number of rotatable bonds is 4. The van der Waals surface area contributed by atoms with Crippen molar-refractivity contribution in [2.75, 3.05) is 13.2 Å². The maximum absolute atomic E-state index is 9.06. The Morgan fingerprint density at radius 3 is 2.55 bits per heavy atom. The Bertz CT molecular complexity index is 99.7. The van der Waals surface area contributed by atoms with Gasteiger partial charge in [-0.15, -0.1) is 0 Å². The Morgan fingerprint density at radius 1 is 1.45 bits per heavy atom. The van der Waals surface area contributed by atoms with Crippen molar-refractivity contribution in [1.82, 2.24) is 5.32 Å². The smallest absolute Gasteiger partial charge is 0.0587 e. The van der Waals surface area contributed by atoms with Gasteiger partial charge in [-0.05, 0) is 25.3 Å². The Hall–Kier alpha value is -0.0800. The second-order valence-electron chi connectivity index (χ2n) is 3.39. The van der Waals surface area contributed by atoms with Gasteiger partial charge in [0.05, 0.1) is 6.61 Å². The fourth-order valence-electron chi connectivity index (χ4n) is 2.00. The second-order valence-corrected chi connectivity index (χ2v) is 3.39. The minimum Gasteiger partial charge on any atom is -0.395 e. The van der Waals surface area contributed by atoms with Gasteiger partial charge in [-0.2, -0.15) is 0 Å². The van der Waals surface area contributed by atoms with Gasteiger partial charge in [0.1, 0.15) is 0 Å². The van der Waals surface area contributed by atoms with Gasteiger partial charge in [0.25, 0.3) is 0 Å². The van der Waals surface area contributed by atoms with Crippen molar-refractivity contribution in [3.8, 4) is 0 Å². The van der Waals surface area contributed by atoms with Gasteiger partial charge in [0.15, 0.2) is 0 Å². The minimum absolute atomic E-state index is 0.304. The quantitative estimate of drug-likeness (QED) is 0.641. The van der Waals surface area contributed by atoms with Gasteiger partial charge in [0, 0.05) is 6.04 Å². The maximum Gasteiger partial charge on any atom is 0.0587 e. The van der Waals surface area contributed by atoms with Gasteiger partial charge >= 0.3 is 0 Å². The average molecular weight is 157 g/mol. The molecule has 2 heteroatoms. The lowest BCUT2D eigenvalue weighted by molar-refractivity contribution is 0.201. The molecule has 1 aliphatic carbocycles. The van der Waals surface area contributed by atoms with Crippen LogP contribution in [0.4, 0.5) is 0 Å². The molecular weight excluding hydrogens is 138 g/mol. The average Bonchev–Trinajstić information content (AvgIpc) is 2.52. The van der Waals surface area contributed by atoms with Crippen LogP contribution in [0.5, 0.6) is 0 Å². The first kappa shape index (κ1) is 9.01. The molecule has 0 heterocycles. The van der Waals surface area contributed by atoms with E-state index in [0.29, 0.717) is 12.6 Å². The van der Waals surface area contributed by atoms with E-state index in [-0.39, 0.29) is 0 Å². The van der Waals surface area contributed by atoms with Crippen LogP contribution in [0.3, 0.4) is 0 Å². The van der Waals surface area contributed by atoms with Crippen LogP contribution in [-0.2, 0) is 0 Å². The zero-order valence-electron chi connectivity index (χ0n) is 7.34. The van der Waals surface area contributed by atoms with Crippen molar-refractivity contribution in [3.05, 3.63) is 0 Å². The second kappa shape index (κ2) is 4.73. The third-order valence-electron chi connectivity index (χ3n) is 2.63. The molecule has 0 radical (unpaired) electrons. The summed E-state index contributed by atoms with van der Waals surface area (Å²) in [6.45, 7) is 3.37. The van der Waals surface area contributed by atoms with Crippen LogP contribution in [0, 0.1) is 5.92 Å². The molecule has 0 aromatic heterocycles. The van der Waals surface area contributed by atoms with Gasteiger partial charge < -0.3 is 10.4 Å². The van der Waals surface area contributed by atoms with Crippen LogP contribution in [-0.4, -0.2) is 24.3 Å². The van der Waals surface area contributed by atoms with Crippen LogP contribution in [0.1, 0.15) is 32.6 Å². The number of aliphatic hydroxyl groups excluding tert-OH is 1.